The van der Waals surface area contributed by atoms with Gasteiger partial charge in [-0.15, -0.1) is 0 Å². The van der Waals surface area contributed by atoms with E-state index in [2.05, 4.69) is 20.3 Å². The molecule has 0 aliphatic rings. The van der Waals surface area contributed by atoms with Crippen molar-refractivity contribution in [3.05, 3.63) is 30.0 Å². The van der Waals surface area contributed by atoms with Crippen LogP contribution in [0.3, 0.4) is 0 Å². The van der Waals surface area contributed by atoms with Gasteiger partial charge in [-0.3, -0.25) is 15.1 Å². The summed E-state index contributed by atoms with van der Waals surface area (Å²) in [4.78, 5) is 23.1. The van der Waals surface area contributed by atoms with Gasteiger partial charge in [0, 0.05) is 0 Å². The van der Waals surface area contributed by atoms with E-state index in [1.807, 2.05) is 0 Å². The molecule has 2 rings (SSSR count). The second-order valence-corrected chi connectivity index (χ2v) is 3.08. The number of hydrogen-bond acceptors (Lipinski definition) is 6. The molecule has 2 aromatic rings. The van der Waals surface area contributed by atoms with Gasteiger partial charge in [-0.05, 0) is 6.92 Å². The molecule has 0 unspecified atom stereocenters. The quantitative estimate of drug-likeness (QED) is 0.766. The van der Waals surface area contributed by atoms with Crippen molar-refractivity contribution in [1.29, 1.82) is 0 Å². The van der Waals surface area contributed by atoms with Crippen LogP contribution in [0, 0.1) is 6.92 Å². The number of amides is 1. The van der Waals surface area contributed by atoms with Crippen LogP contribution in [-0.2, 0) is 0 Å². The highest BCUT2D eigenvalue weighted by molar-refractivity contribution is 6.01. The molecule has 0 saturated carbocycles. The van der Waals surface area contributed by atoms with Crippen LogP contribution in [0.5, 0.6) is 0 Å². The minimum Gasteiger partial charge on any atom is -0.432 e. The monoisotopic (exact) mass is 219 g/mol. The van der Waals surface area contributed by atoms with E-state index in [9.17, 15) is 4.79 Å². The average Bonchev–Trinajstić information content (AvgIpc) is 2.64. The Morgan fingerprint density at radius 1 is 1.44 bits per heavy atom. The number of oxazole rings is 1. The van der Waals surface area contributed by atoms with Crippen molar-refractivity contribution in [3.8, 4) is 0 Å². The molecule has 0 radical (unpaired) electrons. The van der Waals surface area contributed by atoms with Crippen LogP contribution >= 0.6 is 0 Å². The number of carbonyl (C=O) groups excluding carboxylic acids is 1. The number of aromatic nitrogens is 3. The molecule has 0 saturated heterocycles. The predicted molar refractivity (Wildman–Crippen MR) is 55.6 cm³/mol. The second kappa shape index (κ2) is 3.97. The molecule has 2 aromatic heterocycles. The third kappa shape index (κ3) is 2.14. The number of nitrogen functional groups attached to an aromatic ring is 1. The zero-order valence-corrected chi connectivity index (χ0v) is 8.47. The number of rotatable bonds is 2. The summed E-state index contributed by atoms with van der Waals surface area (Å²) in [5.74, 6) is -0.294. The van der Waals surface area contributed by atoms with Gasteiger partial charge in [0.15, 0.2) is 0 Å². The smallest absolute Gasteiger partial charge is 0.301 e. The number of carbonyl (C=O) groups is 1. The lowest BCUT2D eigenvalue weighted by atomic mass is 10.4. The van der Waals surface area contributed by atoms with E-state index in [0.29, 0.717) is 5.69 Å². The lowest BCUT2D eigenvalue weighted by Gasteiger charge is -1.99. The second-order valence-electron chi connectivity index (χ2n) is 3.08. The van der Waals surface area contributed by atoms with Crippen molar-refractivity contribution in [2.24, 2.45) is 0 Å². The van der Waals surface area contributed by atoms with Crippen LogP contribution < -0.4 is 11.1 Å². The number of aryl methyl sites for hydroxylation is 1. The molecule has 0 aromatic carbocycles. The molecule has 16 heavy (non-hydrogen) atoms. The molecule has 7 heteroatoms. The molecule has 82 valence electrons. The minimum atomic E-state index is -0.471. The van der Waals surface area contributed by atoms with Crippen LogP contribution in [0.25, 0.3) is 0 Å². The third-order valence-electron chi connectivity index (χ3n) is 1.73. The molecule has 0 aliphatic heterocycles. The van der Waals surface area contributed by atoms with E-state index >= 15 is 0 Å². The Kier molecular flexibility index (Phi) is 2.50. The van der Waals surface area contributed by atoms with Gasteiger partial charge in [0.1, 0.15) is 17.8 Å². The van der Waals surface area contributed by atoms with Gasteiger partial charge in [-0.1, -0.05) is 0 Å². The SMILES string of the molecule is Cc1coc(NC(=O)c2cncc(N)n2)n1. The third-order valence-corrected chi connectivity index (χ3v) is 1.73. The largest absolute Gasteiger partial charge is 0.432 e. The van der Waals surface area contributed by atoms with E-state index in [0.717, 1.165) is 0 Å². The van der Waals surface area contributed by atoms with Gasteiger partial charge in [0.2, 0.25) is 0 Å². The summed E-state index contributed by atoms with van der Waals surface area (Å²) >= 11 is 0. The molecule has 0 fully saturated rings. The fraction of sp³-hybridized carbons (Fsp3) is 0.111. The number of hydrogen-bond donors (Lipinski definition) is 2. The van der Waals surface area contributed by atoms with E-state index in [-0.39, 0.29) is 17.5 Å². The first-order valence-electron chi connectivity index (χ1n) is 4.46. The van der Waals surface area contributed by atoms with Gasteiger partial charge >= 0.3 is 6.01 Å². The molecule has 2 heterocycles. The van der Waals surface area contributed by atoms with Gasteiger partial charge in [0.05, 0.1) is 18.1 Å². The number of nitrogens with zero attached hydrogens (tertiary/aromatic N) is 3. The van der Waals surface area contributed by atoms with Crippen molar-refractivity contribution in [2.75, 3.05) is 11.1 Å². The van der Waals surface area contributed by atoms with Gasteiger partial charge in [-0.25, -0.2) is 4.98 Å². The molecule has 1 amide bonds. The van der Waals surface area contributed by atoms with Crippen LogP contribution in [-0.4, -0.2) is 20.9 Å². The summed E-state index contributed by atoms with van der Waals surface area (Å²) in [7, 11) is 0. The number of nitrogens with two attached hydrogens (primary N) is 1. The summed E-state index contributed by atoms with van der Waals surface area (Å²) in [5.41, 5.74) is 6.18. The van der Waals surface area contributed by atoms with Gasteiger partial charge < -0.3 is 10.2 Å². The first-order valence-corrected chi connectivity index (χ1v) is 4.46. The Morgan fingerprint density at radius 3 is 2.88 bits per heavy atom. The maximum Gasteiger partial charge on any atom is 0.301 e. The van der Waals surface area contributed by atoms with Crippen molar-refractivity contribution in [2.45, 2.75) is 6.92 Å². The predicted octanol–water partition coefficient (Wildman–Crippen LogP) is 0.608. The zero-order valence-electron chi connectivity index (χ0n) is 8.47. The number of anilines is 2. The highest BCUT2D eigenvalue weighted by Crippen LogP contribution is 2.07. The summed E-state index contributed by atoms with van der Waals surface area (Å²) in [6, 6.07) is 0.117. The molecule has 7 nitrogen and oxygen atoms in total. The highest BCUT2D eigenvalue weighted by Gasteiger charge is 2.11. The lowest BCUT2D eigenvalue weighted by Crippen LogP contribution is -2.15. The first kappa shape index (κ1) is 10.1. The maximum atomic E-state index is 11.6. The highest BCUT2D eigenvalue weighted by atomic mass is 16.4. The Balaban J connectivity index is 2.14. The van der Waals surface area contributed by atoms with E-state index < -0.39 is 5.91 Å². The molecule has 0 bridgehead atoms. The van der Waals surface area contributed by atoms with Crippen molar-refractivity contribution in [3.63, 3.8) is 0 Å². The normalized spacial score (nSPS) is 10.1. The summed E-state index contributed by atoms with van der Waals surface area (Å²) < 4.78 is 4.96. The molecule has 0 atom stereocenters. The lowest BCUT2D eigenvalue weighted by molar-refractivity contribution is 0.101. The molecule has 0 aliphatic carbocycles. The minimum absolute atomic E-state index is 0.107. The standard InChI is InChI=1S/C9H9N5O2/c1-5-4-16-9(12-5)14-8(15)6-2-11-3-7(10)13-6/h2-4H,1H3,(H2,10,13)(H,12,14,15). The van der Waals surface area contributed by atoms with E-state index in [1.165, 1.54) is 18.7 Å². The van der Waals surface area contributed by atoms with Crippen LogP contribution in [0.1, 0.15) is 16.2 Å². The van der Waals surface area contributed by atoms with E-state index in [4.69, 9.17) is 10.2 Å². The first-order chi connectivity index (χ1) is 7.65. The Hall–Kier alpha value is -2.44. The average molecular weight is 219 g/mol. The molecule has 0 spiro atoms. The molecular weight excluding hydrogens is 210 g/mol. The number of nitrogens with one attached hydrogen (secondary N) is 1. The van der Waals surface area contributed by atoms with Crippen molar-refractivity contribution < 1.29 is 9.21 Å². The Morgan fingerprint density at radius 2 is 2.25 bits per heavy atom. The Bertz CT molecular complexity index is 522. The van der Waals surface area contributed by atoms with Crippen LogP contribution in [0.15, 0.2) is 23.1 Å². The fourth-order valence-electron chi connectivity index (χ4n) is 1.06. The summed E-state index contributed by atoms with van der Waals surface area (Å²) in [6.45, 7) is 1.75. The summed E-state index contributed by atoms with van der Waals surface area (Å²) in [5, 5.41) is 2.43. The Labute approximate surface area is 90.7 Å². The molecular formula is C9H9N5O2. The van der Waals surface area contributed by atoms with Crippen molar-refractivity contribution >= 4 is 17.7 Å². The van der Waals surface area contributed by atoms with Crippen LogP contribution in [0.2, 0.25) is 0 Å². The van der Waals surface area contributed by atoms with Crippen LogP contribution in [0.4, 0.5) is 11.8 Å². The maximum absolute atomic E-state index is 11.6. The fourth-order valence-corrected chi connectivity index (χ4v) is 1.06. The zero-order chi connectivity index (χ0) is 11.5. The summed E-state index contributed by atoms with van der Waals surface area (Å²) in [6.07, 6.45) is 4.09. The van der Waals surface area contributed by atoms with Gasteiger partial charge in [0.25, 0.3) is 5.91 Å². The topological polar surface area (TPSA) is 107 Å². The van der Waals surface area contributed by atoms with Gasteiger partial charge in [-0.2, -0.15) is 4.98 Å². The van der Waals surface area contributed by atoms with Crippen molar-refractivity contribution in [1.82, 2.24) is 15.0 Å². The molecule has 3 N–H and O–H groups in total. The van der Waals surface area contributed by atoms with E-state index in [1.54, 1.807) is 6.92 Å².